The van der Waals surface area contributed by atoms with Crippen LogP contribution in [-0.4, -0.2) is 58.8 Å². The molecule has 466 valence electrons. The molecule has 2 N–H and O–H groups in total. The Bertz CT molecular complexity index is 6240. The Kier molecular flexibility index (Phi) is 13.7. The summed E-state index contributed by atoms with van der Waals surface area (Å²) in [6, 6.07) is 63.8. The van der Waals surface area contributed by atoms with E-state index in [0.29, 0.717) is 137 Å². The molecule has 3 aromatic heterocycles. The number of fused-ring (bicyclic) bond motifs is 16. The van der Waals surface area contributed by atoms with Crippen molar-refractivity contribution in [2.45, 2.75) is 19.6 Å². The molecule has 0 fully saturated rings. The van der Waals surface area contributed by atoms with E-state index in [4.69, 9.17) is 14.3 Å². The highest BCUT2D eigenvalue weighted by molar-refractivity contribution is 7.95. The fourth-order valence-corrected chi connectivity index (χ4v) is 17.9. The van der Waals surface area contributed by atoms with E-state index in [1.807, 2.05) is 97.1 Å². The van der Waals surface area contributed by atoms with Gasteiger partial charge in [0.25, 0.3) is 0 Å². The summed E-state index contributed by atoms with van der Waals surface area (Å²) in [4.78, 5) is 18.4. The van der Waals surface area contributed by atoms with Crippen LogP contribution in [0.3, 0.4) is 0 Å². The van der Waals surface area contributed by atoms with Crippen LogP contribution in [0.1, 0.15) is 22.8 Å². The number of nitrogens with zero attached hydrogens (tertiary/aromatic N) is 2. The first-order valence-electron chi connectivity index (χ1n) is 30.0. The number of hydrogen-bond donors (Lipinski definition) is 2. The molecule has 2 aliphatic rings. The lowest BCUT2D eigenvalue weighted by Crippen LogP contribution is -2.03. The number of nitrogens with one attached hydrogen (secondary N) is 2. The third kappa shape index (κ3) is 9.22. The average molecular weight is 1330 g/mol. The minimum atomic E-state index is -5.14. The van der Waals surface area contributed by atoms with E-state index in [0.717, 1.165) is 22.8 Å². The molecule has 0 saturated heterocycles. The first-order chi connectivity index (χ1) is 46.5. The van der Waals surface area contributed by atoms with Crippen LogP contribution in [0.5, 0.6) is 0 Å². The van der Waals surface area contributed by atoms with Crippen molar-refractivity contribution >= 4 is 175 Å². The van der Waals surface area contributed by atoms with Gasteiger partial charge in [-0.3, -0.25) is 5.04 Å². The summed E-state index contributed by atoms with van der Waals surface area (Å²) < 4.78 is 128. The van der Waals surface area contributed by atoms with Crippen molar-refractivity contribution in [1.29, 1.82) is 0 Å². The van der Waals surface area contributed by atoms with Crippen LogP contribution in [0, 0.1) is 0 Å². The van der Waals surface area contributed by atoms with Crippen LogP contribution < -0.4 is 5.26 Å². The highest BCUT2D eigenvalue weighted by Crippen LogP contribution is 2.51. The molecule has 96 heavy (non-hydrogen) atoms. The summed E-state index contributed by atoms with van der Waals surface area (Å²) in [5.41, 5.74) is 7.83. The van der Waals surface area contributed by atoms with Gasteiger partial charge in [-0.05, 0) is 102 Å². The van der Waals surface area contributed by atoms with E-state index in [1.54, 1.807) is 146 Å². The van der Waals surface area contributed by atoms with E-state index < -0.39 is 35.2 Å². The molecule has 15 aromatic rings. The molecular weight excluding hydrogens is 1290 g/mol. The normalized spacial score (nSPS) is 12.9. The van der Waals surface area contributed by atoms with Crippen molar-refractivity contribution < 1.29 is 53.5 Å². The highest BCUT2D eigenvalue weighted by Gasteiger charge is 2.29. The fourth-order valence-electron chi connectivity index (χ4n) is 14.6. The van der Waals surface area contributed by atoms with E-state index >= 15 is 0 Å². The molecule has 17 rings (SSSR count). The van der Waals surface area contributed by atoms with Crippen LogP contribution in [0.15, 0.2) is 238 Å². The lowest BCUT2D eigenvalue weighted by molar-refractivity contribution is -0.777. The summed E-state index contributed by atoms with van der Waals surface area (Å²) in [5, 5.41) is 21.9. The van der Waals surface area contributed by atoms with Gasteiger partial charge in [0.15, 0.2) is 0 Å². The molecule has 0 amide bonds. The summed E-state index contributed by atoms with van der Waals surface area (Å²) in [6.07, 6.45) is 7.46. The number of rotatable bonds is 10. The topological polar surface area (TPSA) is 270 Å². The quantitative estimate of drug-likeness (QED) is 0.0423. The molecule has 2 aliphatic heterocycles. The molecule has 0 aliphatic carbocycles. The minimum absolute atomic E-state index is 0.162. The Morgan fingerprint density at radius 2 is 0.479 bits per heavy atom. The molecule has 0 unspecified atom stereocenters. The van der Waals surface area contributed by atoms with Crippen molar-refractivity contribution in [2.24, 2.45) is 0 Å². The Morgan fingerprint density at radius 1 is 0.281 bits per heavy atom. The zero-order valence-corrected chi connectivity index (χ0v) is 52.8. The largest absolute Gasteiger partial charge is 0.744 e. The zero-order valence-electron chi connectivity index (χ0n) is 49.5. The maximum absolute atomic E-state index is 13.6. The van der Waals surface area contributed by atoms with Crippen molar-refractivity contribution in [3.63, 3.8) is 0 Å². The van der Waals surface area contributed by atoms with Crippen LogP contribution in [-0.2, 0) is 39.7 Å². The van der Waals surface area contributed by atoms with Gasteiger partial charge in [-0.25, -0.2) is 35.2 Å². The Labute approximate surface area is 550 Å². The van der Waals surface area contributed by atoms with Crippen molar-refractivity contribution in [3.8, 4) is 44.5 Å². The summed E-state index contributed by atoms with van der Waals surface area (Å²) >= 11 is 0.777. The van der Waals surface area contributed by atoms with Gasteiger partial charge >= 0.3 is 0 Å². The molecule has 0 radical (unpaired) electrons. The van der Waals surface area contributed by atoms with Gasteiger partial charge in [0, 0.05) is 98.9 Å². The van der Waals surface area contributed by atoms with Crippen LogP contribution in [0.25, 0.3) is 177 Å². The number of H-pyrrole nitrogens is 2. The number of benzene rings is 12. The molecular formula is C76H42N4O12S4-4. The first-order valence-corrected chi connectivity index (χ1v) is 34.9. The number of aromatic amines is 2. The number of hydrogen-bond acceptors (Lipinski definition) is 15. The summed E-state index contributed by atoms with van der Waals surface area (Å²) in [6.45, 7) is 0. The number of aromatic nitrogens is 4. The minimum Gasteiger partial charge on any atom is -0.744 e. The van der Waals surface area contributed by atoms with Gasteiger partial charge in [-0.15, -0.1) is 0 Å². The van der Waals surface area contributed by atoms with Crippen molar-refractivity contribution in [1.82, 2.24) is 19.9 Å². The average Bonchev–Trinajstić information content (AvgIpc) is 1.24. The Morgan fingerprint density at radius 3 is 0.688 bits per heavy atom. The van der Waals surface area contributed by atoms with Gasteiger partial charge in [-0.2, -0.15) is 4.33 Å². The lowest BCUT2D eigenvalue weighted by Gasteiger charge is -2.20. The van der Waals surface area contributed by atoms with Crippen molar-refractivity contribution in [2.75, 3.05) is 0 Å². The first kappa shape index (κ1) is 59.1. The molecule has 16 nitrogen and oxygen atoms in total. The van der Waals surface area contributed by atoms with Gasteiger partial charge in [0.2, 0.25) is 0 Å². The SMILES string of the molecule is O=S(=O)([O-])c1c2ccccc2c(-c2c3nc(c(-c4c5ccccc5c(S(=O)(=O)[O-])c5ccccc45)c4ccc([nH]4)c(-c4c5ccccc5c(S(=O)(=O)[O-])c5ccccc45)c4nc(c(-c5c6ccccc6c(SOO[O-])c6ccccc56)c5ccc2[nH]5)C=C4)C=C3)c2ccccc12. The molecule has 5 heterocycles. The van der Waals surface area contributed by atoms with Gasteiger partial charge in [0.1, 0.15) is 30.4 Å². The smallest absolute Gasteiger partial charge is 0.125 e. The zero-order chi connectivity index (χ0) is 65.5. The molecule has 12 aromatic carbocycles. The van der Waals surface area contributed by atoms with Crippen LogP contribution >= 0.6 is 12.0 Å². The van der Waals surface area contributed by atoms with E-state index in [2.05, 4.69) is 15.0 Å². The predicted octanol–water partition coefficient (Wildman–Crippen LogP) is 16.5. The van der Waals surface area contributed by atoms with E-state index in [1.165, 1.54) is 0 Å². The second-order valence-electron chi connectivity index (χ2n) is 23.3. The maximum atomic E-state index is 13.6. The third-order valence-corrected chi connectivity index (χ3v) is 21.7. The lowest BCUT2D eigenvalue weighted by atomic mass is 9.91. The Hall–Kier alpha value is -10.7. The van der Waals surface area contributed by atoms with Gasteiger partial charge in [-0.1, -0.05) is 194 Å². The molecule has 20 heteroatoms. The third-order valence-electron chi connectivity index (χ3n) is 18.2. The second-order valence-corrected chi connectivity index (χ2v) is 27.9. The maximum Gasteiger partial charge on any atom is 0.125 e. The molecule has 8 bridgehead atoms. The predicted molar refractivity (Wildman–Crippen MR) is 373 cm³/mol. The van der Waals surface area contributed by atoms with Gasteiger partial charge in [0.05, 0.1) is 54.4 Å². The molecule has 0 spiro atoms. The standard InChI is InChI=1S/C76H46N4O12S4/c81-91-92-93-73-49-25-9-1-17-41(49)65(42-18-2-10-26-50(42)73)69-57-33-35-59(77-57)70(66-43-19-3-11-27-51(43)74(94(82,83)84)52-28-12-4-20-44(52)66)61-37-39-63(79-61)72(68-47-23-7-15-31-55(47)76(96(88,89)90)56-32-16-8-24-48(56)68)64-40-38-62(80-64)71(60-36-34-58(69)78-60)67-45-21-5-13-29-53(45)75(95(85,86)87)54-30-14-6-22-46(54)67/h1-40,77,80-81H,(H,82,83,84)(H,85,86,87)(H,88,89,90)/p-4. The van der Waals surface area contributed by atoms with E-state index in [9.17, 15) is 44.2 Å². The second kappa shape index (κ2) is 22.2. The highest BCUT2D eigenvalue weighted by atomic mass is 32.2. The summed E-state index contributed by atoms with van der Waals surface area (Å²) in [5.74, 6) is 0. The monoisotopic (exact) mass is 1330 g/mol. The van der Waals surface area contributed by atoms with Crippen LogP contribution in [0.2, 0.25) is 0 Å². The van der Waals surface area contributed by atoms with Crippen molar-refractivity contribution in [3.05, 3.63) is 241 Å². The Balaban J connectivity index is 1.14. The fraction of sp³-hybridized carbons (Fsp3) is 0. The van der Waals surface area contributed by atoms with Gasteiger partial charge < -0.3 is 28.9 Å². The molecule has 0 saturated carbocycles. The van der Waals surface area contributed by atoms with E-state index in [-0.39, 0.29) is 42.1 Å². The summed E-state index contributed by atoms with van der Waals surface area (Å²) in [7, 11) is -15.4. The molecule has 0 atom stereocenters. The van der Waals surface area contributed by atoms with Crippen LogP contribution in [0.4, 0.5) is 0 Å².